The van der Waals surface area contributed by atoms with Gasteiger partial charge in [0.25, 0.3) is 10.2 Å². The zero-order chi connectivity index (χ0) is 11.9. The van der Waals surface area contributed by atoms with Gasteiger partial charge in [-0.1, -0.05) is 5.16 Å². The minimum absolute atomic E-state index is 0.148. The highest BCUT2D eigenvalue weighted by molar-refractivity contribution is 7.87. The summed E-state index contributed by atoms with van der Waals surface area (Å²) in [4.78, 5) is 0. The lowest BCUT2D eigenvalue weighted by Gasteiger charge is -2.12. The molecule has 1 unspecified atom stereocenters. The molecule has 15 heavy (non-hydrogen) atoms. The number of hydrogen-bond donors (Lipinski definition) is 4. The van der Waals surface area contributed by atoms with Crippen LogP contribution in [0.2, 0.25) is 0 Å². The molecule has 0 aromatic heterocycles. The lowest BCUT2D eigenvalue weighted by molar-refractivity contribution is 0.204. The van der Waals surface area contributed by atoms with Gasteiger partial charge in [-0.3, -0.25) is 0 Å². The summed E-state index contributed by atoms with van der Waals surface area (Å²) >= 11 is 0. The van der Waals surface area contributed by atoms with E-state index in [9.17, 15) is 8.42 Å². The van der Waals surface area contributed by atoms with Gasteiger partial charge in [-0.2, -0.15) is 17.9 Å². The summed E-state index contributed by atoms with van der Waals surface area (Å²) in [5.41, 5.74) is 5.20. The van der Waals surface area contributed by atoms with Crippen molar-refractivity contribution in [3.63, 3.8) is 0 Å². The van der Waals surface area contributed by atoms with Crippen LogP contribution in [-0.2, 0) is 14.9 Å². The van der Waals surface area contributed by atoms with Crippen LogP contribution in [0.15, 0.2) is 5.16 Å². The molecule has 0 aromatic carbocycles. The maximum Gasteiger partial charge on any atom is 0.277 e. The Morgan fingerprint density at radius 3 is 2.73 bits per heavy atom. The summed E-state index contributed by atoms with van der Waals surface area (Å²) in [5, 5.41) is 11.0. The number of rotatable bonds is 7. The van der Waals surface area contributed by atoms with Crippen LogP contribution < -0.4 is 15.2 Å². The Balaban J connectivity index is 4.14. The third-order valence-corrected chi connectivity index (χ3v) is 2.74. The first-order valence-corrected chi connectivity index (χ1v) is 5.64. The molecule has 0 spiro atoms. The lowest BCUT2D eigenvalue weighted by Crippen LogP contribution is -2.47. The maximum absolute atomic E-state index is 11.3. The molecule has 0 saturated carbocycles. The number of methoxy groups -OCH3 is 1. The van der Waals surface area contributed by atoms with Crippen LogP contribution in [0.25, 0.3) is 0 Å². The van der Waals surface area contributed by atoms with Gasteiger partial charge in [0.1, 0.15) is 0 Å². The van der Waals surface area contributed by atoms with Crippen LogP contribution in [0.1, 0.15) is 6.92 Å². The van der Waals surface area contributed by atoms with Crippen molar-refractivity contribution >= 4 is 16.0 Å². The summed E-state index contributed by atoms with van der Waals surface area (Å²) in [5.74, 6) is -0.216. The molecular formula is C6H16N4O4S. The molecule has 0 aliphatic rings. The molecule has 0 amide bonds. The largest absolute Gasteiger partial charge is 0.409 e. The van der Waals surface area contributed by atoms with E-state index in [2.05, 4.69) is 19.3 Å². The second-order valence-corrected chi connectivity index (χ2v) is 4.29. The van der Waals surface area contributed by atoms with E-state index in [1.54, 1.807) is 0 Å². The summed E-state index contributed by atoms with van der Waals surface area (Å²) in [6, 6.07) is -0.782. The highest BCUT2D eigenvalue weighted by Gasteiger charge is 2.16. The molecule has 0 aliphatic heterocycles. The van der Waals surface area contributed by atoms with Gasteiger partial charge in [-0.05, 0) is 6.92 Å². The molecule has 1 atom stereocenters. The monoisotopic (exact) mass is 240 g/mol. The van der Waals surface area contributed by atoms with Crippen LogP contribution in [-0.4, -0.2) is 45.8 Å². The molecule has 0 bridgehead atoms. The Labute approximate surface area is 88.7 Å². The van der Waals surface area contributed by atoms with Gasteiger partial charge in [0.15, 0.2) is 5.84 Å². The average molecular weight is 240 g/mol. The SMILES string of the molecule is COCCNS(=O)(=O)NC(C)C(N)=NO. The van der Waals surface area contributed by atoms with E-state index < -0.39 is 16.3 Å². The Morgan fingerprint density at radius 2 is 2.27 bits per heavy atom. The molecule has 0 saturated heterocycles. The fourth-order valence-electron chi connectivity index (χ4n) is 0.699. The van der Waals surface area contributed by atoms with E-state index in [1.807, 2.05) is 0 Å². The molecule has 90 valence electrons. The van der Waals surface area contributed by atoms with Crippen molar-refractivity contribution in [1.82, 2.24) is 9.44 Å². The van der Waals surface area contributed by atoms with Crippen molar-refractivity contribution in [2.24, 2.45) is 10.9 Å². The topological polar surface area (TPSA) is 126 Å². The van der Waals surface area contributed by atoms with Crippen LogP contribution in [0.3, 0.4) is 0 Å². The van der Waals surface area contributed by atoms with Crippen molar-refractivity contribution in [2.75, 3.05) is 20.3 Å². The first kappa shape index (κ1) is 14.1. The molecule has 0 aliphatic carbocycles. The van der Waals surface area contributed by atoms with Gasteiger partial charge in [0, 0.05) is 13.7 Å². The smallest absolute Gasteiger partial charge is 0.277 e. The van der Waals surface area contributed by atoms with Crippen molar-refractivity contribution in [2.45, 2.75) is 13.0 Å². The maximum atomic E-state index is 11.3. The van der Waals surface area contributed by atoms with Crippen molar-refractivity contribution in [1.29, 1.82) is 0 Å². The van der Waals surface area contributed by atoms with E-state index in [0.717, 1.165) is 0 Å². The number of ether oxygens (including phenoxy) is 1. The predicted octanol–water partition coefficient (Wildman–Crippen LogP) is -1.81. The molecular weight excluding hydrogens is 224 g/mol. The van der Waals surface area contributed by atoms with Crippen molar-refractivity contribution in [3.05, 3.63) is 0 Å². The van der Waals surface area contributed by atoms with Gasteiger partial charge >= 0.3 is 0 Å². The molecule has 0 aromatic rings. The zero-order valence-electron chi connectivity index (χ0n) is 8.60. The fraction of sp³-hybridized carbons (Fsp3) is 0.833. The molecule has 8 nitrogen and oxygen atoms in total. The predicted molar refractivity (Wildman–Crippen MR) is 54.8 cm³/mol. The Bertz CT molecular complexity index is 302. The Hall–Kier alpha value is -0.900. The first-order chi connectivity index (χ1) is 6.93. The minimum atomic E-state index is -3.66. The summed E-state index contributed by atoms with van der Waals surface area (Å²) in [7, 11) is -2.20. The van der Waals surface area contributed by atoms with E-state index in [4.69, 9.17) is 10.9 Å². The Morgan fingerprint density at radius 1 is 1.67 bits per heavy atom. The number of amidine groups is 1. The number of hydrogen-bond acceptors (Lipinski definition) is 5. The third-order valence-electron chi connectivity index (χ3n) is 1.49. The van der Waals surface area contributed by atoms with Gasteiger partial charge in [-0.25, -0.2) is 0 Å². The minimum Gasteiger partial charge on any atom is -0.409 e. The first-order valence-electron chi connectivity index (χ1n) is 4.16. The molecule has 5 N–H and O–H groups in total. The normalized spacial score (nSPS) is 15.2. The quantitative estimate of drug-likeness (QED) is 0.137. The molecule has 0 fully saturated rings. The standard InChI is InChI=1S/C6H16N4O4S/c1-5(6(7)9-11)10-15(12,13)8-3-4-14-2/h5,8,10-11H,3-4H2,1-2H3,(H2,7,9). The number of nitrogens with two attached hydrogens (primary N) is 1. The van der Waals surface area contributed by atoms with Gasteiger partial charge in [0.2, 0.25) is 0 Å². The lowest BCUT2D eigenvalue weighted by atomic mass is 10.3. The van der Waals surface area contributed by atoms with Gasteiger partial charge < -0.3 is 15.7 Å². The molecule has 0 radical (unpaired) electrons. The molecule has 0 rings (SSSR count). The molecule has 9 heteroatoms. The van der Waals surface area contributed by atoms with Crippen LogP contribution in [0.4, 0.5) is 0 Å². The highest BCUT2D eigenvalue weighted by Crippen LogP contribution is 1.86. The number of oxime groups is 1. The van der Waals surface area contributed by atoms with Crippen LogP contribution in [0.5, 0.6) is 0 Å². The van der Waals surface area contributed by atoms with Crippen molar-refractivity contribution < 1.29 is 18.4 Å². The van der Waals surface area contributed by atoms with Crippen molar-refractivity contribution in [3.8, 4) is 0 Å². The average Bonchev–Trinajstić information content (AvgIpc) is 2.16. The van der Waals surface area contributed by atoms with Gasteiger partial charge in [0.05, 0.1) is 12.6 Å². The Kier molecular flexibility index (Phi) is 6.17. The van der Waals surface area contributed by atoms with E-state index in [1.165, 1.54) is 14.0 Å². The highest BCUT2D eigenvalue weighted by atomic mass is 32.2. The van der Waals surface area contributed by atoms with E-state index >= 15 is 0 Å². The zero-order valence-corrected chi connectivity index (χ0v) is 9.41. The summed E-state index contributed by atoms with van der Waals surface area (Å²) < 4.78 is 31.6. The molecule has 0 heterocycles. The summed E-state index contributed by atoms with van der Waals surface area (Å²) in [6.45, 7) is 1.86. The second-order valence-electron chi connectivity index (χ2n) is 2.75. The van der Waals surface area contributed by atoms with Crippen LogP contribution >= 0.6 is 0 Å². The van der Waals surface area contributed by atoms with Gasteiger partial charge in [-0.15, -0.1) is 0 Å². The van der Waals surface area contributed by atoms with E-state index in [0.29, 0.717) is 0 Å². The summed E-state index contributed by atoms with van der Waals surface area (Å²) in [6.07, 6.45) is 0. The van der Waals surface area contributed by atoms with Crippen LogP contribution in [0, 0.1) is 0 Å². The van der Waals surface area contributed by atoms with E-state index in [-0.39, 0.29) is 19.0 Å². The third kappa shape index (κ3) is 6.23. The fourth-order valence-corrected chi connectivity index (χ4v) is 1.72. The number of nitrogens with zero attached hydrogens (tertiary/aromatic N) is 1. The number of nitrogens with one attached hydrogen (secondary N) is 2. The second kappa shape index (κ2) is 6.56.